The Morgan fingerprint density at radius 2 is 0.804 bits per heavy atom. The van der Waals surface area contributed by atoms with Gasteiger partial charge in [0.05, 0.1) is 49.8 Å². The first kappa shape index (κ1) is 23.2. The van der Waals surface area contributed by atoms with E-state index in [1.165, 1.54) is 92.9 Å². The molecular weight excluding hydrogens is 560 g/mol. The zero-order chi connectivity index (χ0) is 29.7. The number of nitrogens with zero attached hydrogens (tertiary/aromatic N) is 4. The van der Waals surface area contributed by atoms with Crippen molar-refractivity contribution in [1.82, 2.24) is 18.2 Å². The maximum absolute atomic E-state index is 2.52. The van der Waals surface area contributed by atoms with Crippen LogP contribution in [0.5, 0.6) is 0 Å². The number of fused-ring (bicyclic) bond motifs is 13. The molecule has 0 atom stereocenters. The number of aromatic nitrogens is 4. The van der Waals surface area contributed by atoms with E-state index in [0.717, 1.165) is 5.69 Å². The van der Waals surface area contributed by atoms with Crippen molar-refractivity contribution in [2.45, 2.75) is 0 Å². The Kier molecular flexibility index (Phi) is 3.96. The van der Waals surface area contributed by atoms with Gasteiger partial charge in [-0.2, -0.15) is 0 Å². The summed E-state index contributed by atoms with van der Waals surface area (Å²) in [4.78, 5) is 0. The third-order valence-corrected chi connectivity index (χ3v) is 10.4. The number of para-hydroxylation sites is 6. The zero-order valence-corrected chi connectivity index (χ0v) is 24.6. The van der Waals surface area contributed by atoms with Crippen LogP contribution in [0.3, 0.4) is 0 Å². The number of rotatable bonds is 1. The van der Waals surface area contributed by atoms with Gasteiger partial charge in [-0.05, 0) is 42.5 Å². The highest BCUT2D eigenvalue weighted by molar-refractivity contribution is 6.22. The molecule has 2 aliphatic rings. The van der Waals surface area contributed by atoms with Gasteiger partial charge in [0.15, 0.2) is 0 Å². The largest absolute Gasteiger partial charge is 0.309 e. The van der Waals surface area contributed by atoms with Crippen molar-refractivity contribution in [3.05, 3.63) is 146 Å². The van der Waals surface area contributed by atoms with Crippen molar-refractivity contribution in [1.29, 1.82) is 0 Å². The van der Waals surface area contributed by atoms with Crippen molar-refractivity contribution < 1.29 is 0 Å². The third kappa shape index (κ3) is 2.54. The topological polar surface area (TPSA) is 18.7 Å². The van der Waals surface area contributed by atoms with Crippen LogP contribution < -0.4 is 0 Å². The van der Waals surface area contributed by atoms with Crippen molar-refractivity contribution in [3.8, 4) is 11.4 Å². The molecular formula is C42H24N4. The van der Waals surface area contributed by atoms with Crippen molar-refractivity contribution >= 4 is 87.2 Å². The highest BCUT2D eigenvalue weighted by atomic mass is 15.4. The fourth-order valence-electron chi connectivity index (χ4n) is 8.70. The molecule has 0 bridgehead atoms. The molecule has 4 heteroatoms. The minimum Gasteiger partial charge on any atom is -0.309 e. The highest BCUT2D eigenvalue weighted by Crippen LogP contribution is 2.45. The first-order valence-corrected chi connectivity index (χ1v) is 15.9. The van der Waals surface area contributed by atoms with Gasteiger partial charge >= 0.3 is 0 Å². The molecule has 0 saturated carbocycles. The molecule has 10 aromatic rings. The Hall–Kier alpha value is -6.26. The summed E-state index contributed by atoms with van der Waals surface area (Å²) in [6, 6.07) is 53.8. The van der Waals surface area contributed by atoms with Gasteiger partial charge in [-0.15, -0.1) is 0 Å². The second kappa shape index (κ2) is 7.87. The molecule has 0 radical (unpaired) electrons. The molecule has 0 fully saturated rings. The fourth-order valence-corrected chi connectivity index (χ4v) is 8.70. The number of hydrogen-bond donors (Lipinski definition) is 0. The van der Waals surface area contributed by atoms with Gasteiger partial charge in [0.2, 0.25) is 0 Å². The Morgan fingerprint density at radius 3 is 1.50 bits per heavy atom. The molecule has 46 heavy (non-hydrogen) atoms. The fraction of sp³-hybridized carbons (Fsp3) is 0. The smallest absolute Gasteiger partial charge is 0.0958 e. The zero-order valence-electron chi connectivity index (χ0n) is 24.6. The lowest BCUT2D eigenvalue weighted by atomic mass is 10.0. The minimum atomic E-state index is 1.16. The van der Waals surface area contributed by atoms with E-state index in [4.69, 9.17) is 0 Å². The molecule has 0 N–H and O–H groups in total. The molecule has 2 aliphatic heterocycles. The van der Waals surface area contributed by atoms with Gasteiger partial charge in [-0.3, -0.25) is 0 Å². The summed E-state index contributed by atoms with van der Waals surface area (Å²) in [5.41, 5.74) is 12.1. The SMILES string of the molecule is c1ccc2c(c1)c1ccccc1n2-c1cc2c3c(c1)n1c4ccccc4c4cccc(c41)n-3n1c3ccccc3c3cccc2c31. The van der Waals surface area contributed by atoms with E-state index in [-0.39, 0.29) is 0 Å². The summed E-state index contributed by atoms with van der Waals surface area (Å²) in [7, 11) is 0. The Morgan fingerprint density at radius 1 is 0.326 bits per heavy atom. The molecule has 0 spiro atoms. The molecule has 0 aliphatic carbocycles. The second-order valence-electron chi connectivity index (χ2n) is 12.6. The van der Waals surface area contributed by atoms with Crippen LogP contribution in [0.25, 0.3) is 98.6 Å². The molecule has 0 unspecified atom stereocenters. The lowest BCUT2D eigenvalue weighted by Crippen LogP contribution is -2.15. The van der Waals surface area contributed by atoms with Crippen LogP contribution in [0.15, 0.2) is 146 Å². The van der Waals surface area contributed by atoms with Crippen LogP contribution in [0, 0.1) is 0 Å². The van der Waals surface area contributed by atoms with Gasteiger partial charge in [0.1, 0.15) is 0 Å². The number of benzene rings is 7. The van der Waals surface area contributed by atoms with Crippen LogP contribution in [0.1, 0.15) is 0 Å². The van der Waals surface area contributed by atoms with Crippen LogP contribution in [-0.4, -0.2) is 18.2 Å². The predicted octanol–water partition coefficient (Wildman–Crippen LogP) is 10.7. The average Bonchev–Trinajstić information content (AvgIpc) is 3.76. The van der Waals surface area contributed by atoms with Crippen LogP contribution in [-0.2, 0) is 0 Å². The molecule has 212 valence electrons. The average molecular weight is 585 g/mol. The summed E-state index contributed by atoms with van der Waals surface area (Å²) in [5.74, 6) is 0. The number of hydrogen-bond acceptors (Lipinski definition) is 0. The molecule has 7 aromatic carbocycles. The molecule has 4 nitrogen and oxygen atoms in total. The Balaban J connectivity index is 1.44. The normalized spacial score (nSPS) is 12.8. The third-order valence-electron chi connectivity index (χ3n) is 10.4. The first-order chi connectivity index (χ1) is 22.9. The molecule has 0 amide bonds. The van der Waals surface area contributed by atoms with E-state index >= 15 is 0 Å². The van der Waals surface area contributed by atoms with E-state index in [0.29, 0.717) is 0 Å². The lowest BCUT2D eigenvalue weighted by Gasteiger charge is -2.25. The highest BCUT2D eigenvalue weighted by Gasteiger charge is 2.27. The van der Waals surface area contributed by atoms with Crippen molar-refractivity contribution in [2.75, 3.05) is 0 Å². The summed E-state index contributed by atoms with van der Waals surface area (Å²) in [6.45, 7) is 0. The Bertz CT molecular complexity index is 3140. The lowest BCUT2D eigenvalue weighted by molar-refractivity contribution is 0.842. The van der Waals surface area contributed by atoms with Crippen molar-refractivity contribution in [2.24, 2.45) is 0 Å². The quantitative estimate of drug-likeness (QED) is 0.135. The monoisotopic (exact) mass is 584 g/mol. The van der Waals surface area contributed by atoms with Crippen molar-refractivity contribution in [3.63, 3.8) is 0 Å². The first-order valence-electron chi connectivity index (χ1n) is 15.9. The molecule has 0 saturated heterocycles. The van der Waals surface area contributed by atoms with Gasteiger partial charge in [0.25, 0.3) is 0 Å². The second-order valence-corrected chi connectivity index (χ2v) is 12.6. The van der Waals surface area contributed by atoms with E-state index in [9.17, 15) is 0 Å². The van der Waals surface area contributed by atoms with Gasteiger partial charge in [-0.1, -0.05) is 103 Å². The van der Waals surface area contributed by atoms with E-state index in [1.54, 1.807) is 0 Å². The molecule has 5 heterocycles. The maximum Gasteiger partial charge on any atom is 0.0958 e. The van der Waals surface area contributed by atoms with Gasteiger partial charge < -0.3 is 8.97 Å². The van der Waals surface area contributed by atoms with Crippen LogP contribution in [0.2, 0.25) is 0 Å². The summed E-state index contributed by atoms with van der Waals surface area (Å²) >= 11 is 0. The summed E-state index contributed by atoms with van der Waals surface area (Å²) < 4.78 is 9.95. The minimum absolute atomic E-state index is 1.16. The van der Waals surface area contributed by atoms with E-state index < -0.39 is 0 Å². The summed E-state index contributed by atoms with van der Waals surface area (Å²) in [5, 5.41) is 10.1. The van der Waals surface area contributed by atoms with E-state index in [2.05, 4.69) is 164 Å². The molecule has 12 rings (SSSR count). The Labute approximate surface area is 261 Å². The molecule has 3 aromatic heterocycles. The maximum atomic E-state index is 2.52. The van der Waals surface area contributed by atoms with Crippen LogP contribution in [0.4, 0.5) is 0 Å². The van der Waals surface area contributed by atoms with Gasteiger partial charge in [0, 0.05) is 48.8 Å². The van der Waals surface area contributed by atoms with E-state index in [1.807, 2.05) is 0 Å². The summed E-state index contributed by atoms with van der Waals surface area (Å²) in [6.07, 6.45) is 0. The standard InChI is InChI=1S/C42H24N4/c1-5-18-34-26(11-1)27-12-2-6-19-35(27)43(34)25-23-33-32-16-9-15-30-29-14-4-8-21-37(29)45(40(30)32)46-38-22-10-17-31-28-13-3-7-20-36(28)44(41(31)38)39(24-25)42(33)46/h1-24H. The van der Waals surface area contributed by atoms with Gasteiger partial charge in [-0.25, -0.2) is 9.20 Å². The van der Waals surface area contributed by atoms with Crippen LogP contribution >= 0.6 is 0 Å². The predicted molar refractivity (Wildman–Crippen MR) is 192 cm³/mol.